The van der Waals surface area contributed by atoms with Crippen LogP contribution in [0.25, 0.3) is 0 Å². The molecule has 3 nitrogen and oxygen atoms in total. The molecule has 0 saturated carbocycles. The smallest absolute Gasteiger partial charge is 0.223 e. The van der Waals surface area contributed by atoms with Crippen LogP contribution in [0, 0.1) is 0 Å². The highest BCUT2D eigenvalue weighted by Gasteiger charge is 2.27. The van der Waals surface area contributed by atoms with E-state index in [0.717, 1.165) is 31.7 Å². The fourth-order valence-electron chi connectivity index (χ4n) is 3.14. The van der Waals surface area contributed by atoms with Gasteiger partial charge in [-0.3, -0.25) is 4.79 Å². The standard InChI is InChI=1S/C16H21NO2/c1-19-14-6-7-15-12(10-14)4-2-5-13(15)11-16(18)17-8-3-9-17/h6-7,10,13H,2-5,8-9,11H2,1H3. The van der Waals surface area contributed by atoms with Gasteiger partial charge in [-0.2, -0.15) is 0 Å². The summed E-state index contributed by atoms with van der Waals surface area (Å²) in [7, 11) is 1.70. The topological polar surface area (TPSA) is 29.5 Å². The van der Waals surface area contributed by atoms with Crippen molar-refractivity contribution in [2.45, 2.75) is 38.0 Å². The minimum absolute atomic E-state index is 0.333. The molecule has 1 aliphatic carbocycles. The number of amides is 1. The average Bonchev–Trinajstić information content (AvgIpc) is 2.36. The highest BCUT2D eigenvalue weighted by Crippen LogP contribution is 2.36. The Bertz CT molecular complexity index is 480. The zero-order valence-electron chi connectivity index (χ0n) is 11.5. The van der Waals surface area contributed by atoms with Crippen molar-refractivity contribution >= 4 is 5.91 Å². The van der Waals surface area contributed by atoms with Gasteiger partial charge in [-0.15, -0.1) is 0 Å². The first-order chi connectivity index (χ1) is 9.28. The Morgan fingerprint density at radius 3 is 2.89 bits per heavy atom. The van der Waals surface area contributed by atoms with E-state index in [9.17, 15) is 4.79 Å². The van der Waals surface area contributed by atoms with Crippen LogP contribution in [0.5, 0.6) is 5.75 Å². The number of fused-ring (bicyclic) bond motifs is 1. The van der Waals surface area contributed by atoms with Crippen LogP contribution in [0.2, 0.25) is 0 Å². The summed E-state index contributed by atoms with van der Waals surface area (Å²) in [6.07, 6.45) is 5.28. The molecule has 0 aromatic heterocycles. The molecule has 3 rings (SSSR count). The summed E-state index contributed by atoms with van der Waals surface area (Å²) in [4.78, 5) is 14.1. The van der Waals surface area contributed by atoms with E-state index in [1.165, 1.54) is 24.0 Å². The summed E-state index contributed by atoms with van der Waals surface area (Å²) in [5.41, 5.74) is 2.73. The molecule has 1 aromatic carbocycles. The van der Waals surface area contributed by atoms with E-state index in [0.29, 0.717) is 18.2 Å². The molecule has 0 bridgehead atoms. The van der Waals surface area contributed by atoms with Gasteiger partial charge in [0.05, 0.1) is 7.11 Å². The van der Waals surface area contributed by atoms with Crippen LogP contribution in [-0.4, -0.2) is 31.0 Å². The summed E-state index contributed by atoms with van der Waals surface area (Å²) < 4.78 is 5.29. The number of ether oxygens (including phenoxy) is 1. The van der Waals surface area contributed by atoms with E-state index in [2.05, 4.69) is 12.1 Å². The Balaban J connectivity index is 1.76. The van der Waals surface area contributed by atoms with Crippen LogP contribution in [0.3, 0.4) is 0 Å². The maximum Gasteiger partial charge on any atom is 0.223 e. The second-order valence-electron chi connectivity index (χ2n) is 5.59. The number of nitrogens with zero attached hydrogens (tertiary/aromatic N) is 1. The summed E-state index contributed by atoms with van der Waals surface area (Å²) in [6, 6.07) is 6.31. The molecule has 1 unspecified atom stereocenters. The highest BCUT2D eigenvalue weighted by atomic mass is 16.5. The van der Waals surface area contributed by atoms with E-state index >= 15 is 0 Å². The van der Waals surface area contributed by atoms with Gasteiger partial charge in [0, 0.05) is 19.5 Å². The van der Waals surface area contributed by atoms with E-state index in [1.54, 1.807) is 7.11 Å². The number of hydrogen-bond donors (Lipinski definition) is 0. The largest absolute Gasteiger partial charge is 0.497 e. The first-order valence-corrected chi connectivity index (χ1v) is 7.22. The van der Waals surface area contributed by atoms with E-state index < -0.39 is 0 Å². The Morgan fingerprint density at radius 2 is 2.21 bits per heavy atom. The molecular weight excluding hydrogens is 238 g/mol. The third kappa shape index (κ3) is 2.46. The molecule has 2 aliphatic rings. The monoisotopic (exact) mass is 259 g/mol. The van der Waals surface area contributed by atoms with Crippen molar-refractivity contribution in [1.29, 1.82) is 0 Å². The molecular formula is C16H21NO2. The SMILES string of the molecule is COc1ccc2c(c1)CCCC2CC(=O)N1CCC1. The van der Waals surface area contributed by atoms with Gasteiger partial charge in [-0.25, -0.2) is 0 Å². The summed E-state index contributed by atoms with van der Waals surface area (Å²) in [5.74, 6) is 1.66. The lowest BCUT2D eigenvalue weighted by molar-refractivity contribution is -0.135. The minimum Gasteiger partial charge on any atom is -0.497 e. The van der Waals surface area contributed by atoms with Crippen LogP contribution in [0.15, 0.2) is 18.2 Å². The molecule has 3 heteroatoms. The lowest BCUT2D eigenvalue weighted by Gasteiger charge is -2.33. The molecule has 102 valence electrons. The molecule has 1 fully saturated rings. The van der Waals surface area contributed by atoms with Crippen molar-refractivity contribution in [3.05, 3.63) is 29.3 Å². The van der Waals surface area contributed by atoms with Gasteiger partial charge in [0.15, 0.2) is 0 Å². The van der Waals surface area contributed by atoms with Crippen molar-refractivity contribution < 1.29 is 9.53 Å². The number of likely N-dealkylation sites (tertiary alicyclic amines) is 1. The van der Waals surface area contributed by atoms with Crippen molar-refractivity contribution in [2.24, 2.45) is 0 Å². The Labute approximate surface area is 114 Å². The number of rotatable bonds is 3. The zero-order valence-corrected chi connectivity index (χ0v) is 11.5. The number of carbonyl (C=O) groups is 1. The first-order valence-electron chi connectivity index (χ1n) is 7.22. The van der Waals surface area contributed by atoms with Crippen molar-refractivity contribution in [3.8, 4) is 5.75 Å². The molecule has 1 atom stereocenters. The third-order valence-electron chi connectivity index (χ3n) is 4.42. The number of hydrogen-bond acceptors (Lipinski definition) is 2. The average molecular weight is 259 g/mol. The Morgan fingerprint density at radius 1 is 1.37 bits per heavy atom. The lowest BCUT2D eigenvalue weighted by atomic mass is 9.80. The van der Waals surface area contributed by atoms with Crippen molar-refractivity contribution in [3.63, 3.8) is 0 Å². The van der Waals surface area contributed by atoms with Crippen LogP contribution in [0.1, 0.15) is 42.7 Å². The second kappa shape index (κ2) is 5.24. The van der Waals surface area contributed by atoms with Crippen LogP contribution < -0.4 is 4.74 Å². The molecule has 1 saturated heterocycles. The van der Waals surface area contributed by atoms with E-state index in [1.807, 2.05) is 11.0 Å². The minimum atomic E-state index is 0.333. The van der Waals surface area contributed by atoms with Crippen molar-refractivity contribution in [1.82, 2.24) is 4.90 Å². The highest BCUT2D eigenvalue weighted by molar-refractivity contribution is 5.78. The van der Waals surface area contributed by atoms with Gasteiger partial charge in [0.2, 0.25) is 5.91 Å². The summed E-state index contributed by atoms with van der Waals surface area (Å²) in [5, 5.41) is 0. The van der Waals surface area contributed by atoms with Crippen LogP contribution >= 0.6 is 0 Å². The third-order valence-corrected chi connectivity index (χ3v) is 4.42. The number of carbonyl (C=O) groups excluding carboxylic acids is 1. The first kappa shape index (κ1) is 12.5. The van der Waals surface area contributed by atoms with Gasteiger partial charge in [-0.05, 0) is 54.9 Å². The summed E-state index contributed by atoms with van der Waals surface area (Å²) in [6.45, 7) is 1.92. The predicted octanol–water partition coefficient (Wildman–Crippen LogP) is 2.74. The Hall–Kier alpha value is -1.51. The maximum absolute atomic E-state index is 12.1. The number of methoxy groups -OCH3 is 1. The molecule has 1 aliphatic heterocycles. The summed E-state index contributed by atoms with van der Waals surface area (Å²) >= 11 is 0. The van der Waals surface area contributed by atoms with Gasteiger partial charge >= 0.3 is 0 Å². The zero-order chi connectivity index (χ0) is 13.2. The van der Waals surface area contributed by atoms with Gasteiger partial charge < -0.3 is 9.64 Å². The second-order valence-corrected chi connectivity index (χ2v) is 5.59. The normalized spacial score (nSPS) is 21.5. The van der Waals surface area contributed by atoms with E-state index in [-0.39, 0.29) is 0 Å². The Kier molecular flexibility index (Phi) is 3.45. The van der Waals surface area contributed by atoms with Crippen molar-refractivity contribution in [2.75, 3.05) is 20.2 Å². The van der Waals surface area contributed by atoms with E-state index in [4.69, 9.17) is 4.74 Å². The molecule has 19 heavy (non-hydrogen) atoms. The fourth-order valence-corrected chi connectivity index (χ4v) is 3.14. The lowest BCUT2D eigenvalue weighted by Crippen LogP contribution is -2.42. The van der Waals surface area contributed by atoms with Gasteiger partial charge in [-0.1, -0.05) is 6.07 Å². The molecule has 1 heterocycles. The maximum atomic E-state index is 12.1. The van der Waals surface area contributed by atoms with Crippen LogP contribution in [0.4, 0.5) is 0 Å². The molecule has 0 spiro atoms. The van der Waals surface area contributed by atoms with Gasteiger partial charge in [0.1, 0.15) is 5.75 Å². The molecule has 0 N–H and O–H groups in total. The van der Waals surface area contributed by atoms with Crippen LogP contribution in [-0.2, 0) is 11.2 Å². The molecule has 1 aromatic rings. The fraction of sp³-hybridized carbons (Fsp3) is 0.562. The van der Waals surface area contributed by atoms with Gasteiger partial charge in [0.25, 0.3) is 0 Å². The quantitative estimate of drug-likeness (QED) is 0.835. The molecule has 1 amide bonds. The molecule has 0 radical (unpaired) electrons. The predicted molar refractivity (Wildman–Crippen MR) is 74.5 cm³/mol. The number of benzene rings is 1. The number of aryl methyl sites for hydroxylation is 1.